The van der Waals surface area contributed by atoms with E-state index in [2.05, 4.69) is 67.4 Å². The first kappa shape index (κ1) is 16.4. The number of aryl methyl sites for hydroxylation is 6. The van der Waals surface area contributed by atoms with Crippen LogP contribution in [0.1, 0.15) is 34.2 Å². The average molecular weight is 395 g/mol. The van der Waals surface area contributed by atoms with Gasteiger partial charge in [0.15, 0.2) is 0 Å². The van der Waals surface area contributed by atoms with Crippen molar-refractivity contribution in [3.05, 3.63) is 52.4 Å². The zero-order valence-corrected chi connectivity index (χ0v) is 16.9. The molecule has 3 aromatic rings. The number of nitrogens with zero attached hydrogens (tertiary/aromatic N) is 6. The second-order valence-corrected chi connectivity index (χ2v) is 11.2. The third-order valence-corrected chi connectivity index (χ3v) is 9.31. The van der Waals surface area contributed by atoms with Gasteiger partial charge in [0.05, 0.1) is 0 Å². The fourth-order valence-electron chi connectivity index (χ4n) is 2.88. The standard InChI is InChI=1S/C15H21N6PSe/c1-10-7-13(4)19(16-10)22(23,20-14(5)8-11(2)17-20)21-15(6)9-12(3)18-21/h7-9H,1-6H3. The van der Waals surface area contributed by atoms with Gasteiger partial charge < -0.3 is 0 Å². The molecule has 0 aliphatic carbocycles. The van der Waals surface area contributed by atoms with Crippen molar-refractivity contribution in [1.82, 2.24) is 28.7 Å². The van der Waals surface area contributed by atoms with E-state index in [1.165, 1.54) is 0 Å². The summed E-state index contributed by atoms with van der Waals surface area (Å²) in [6.45, 7) is 12.2. The van der Waals surface area contributed by atoms with Crippen LogP contribution in [0.2, 0.25) is 0 Å². The van der Waals surface area contributed by atoms with Crippen molar-refractivity contribution in [1.29, 1.82) is 0 Å². The molecule has 0 saturated carbocycles. The fourth-order valence-corrected chi connectivity index (χ4v) is 8.67. The molecule has 0 amide bonds. The Morgan fingerprint density at radius 1 is 0.652 bits per heavy atom. The molecule has 0 unspecified atom stereocenters. The van der Waals surface area contributed by atoms with Gasteiger partial charge in [-0.25, -0.2) is 0 Å². The SMILES string of the molecule is Cc1cc(C)n(P(=[Se])(n2nc(C)cc2C)n2nc(C)cc2C)n1. The summed E-state index contributed by atoms with van der Waals surface area (Å²) >= 11 is 3.41. The molecule has 0 atom stereocenters. The average Bonchev–Trinajstić information content (AvgIpc) is 3.07. The Morgan fingerprint density at radius 2 is 0.913 bits per heavy atom. The van der Waals surface area contributed by atoms with Crippen LogP contribution in [0.5, 0.6) is 0 Å². The fraction of sp³-hybridized carbons (Fsp3) is 0.400. The van der Waals surface area contributed by atoms with E-state index in [-0.39, 0.29) is 0 Å². The van der Waals surface area contributed by atoms with Gasteiger partial charge in [-0.1, -0.05) is 0 Å². The molecule has 8 heteroatoms. The summed E-state index contributed by atoms with van der Waals surface area (Å²) in [5.41, 5.74) is 6.25. The molecule has 6 nitrogen and oxygen atoms in total. The van der Waals surface area contributed by atoms with Crippen molar-refractivity contribution < 1.29 is 0 Å². The molecule has 0 fully saturated rings. The van der Waals surface area contributed by atoms with Gasteiger partial charge in [-0.3, -0.25) is 0 Å². The third kappa shape index (κ3) is 2.57. The summed E-state index contributed by atoms with van der Waals surface area (Å²) in [6, 6.07) is 6.26. The van der Waals surface area contributed by atoms with E-state index in [4.69, 9.17) is 15.3 Å². The minimum absolute atomic E-state index is 0.991. The van der Waals surface area contributed by atoms with E-state index in [1.807, 2.05) is 20.8 Å². The molecule has 0 bridgehead atoms. The van der Waals surface area contributed by atoms with Crippen LogP contribution in [0.25, 0.3) is 0 Å². The van der Waals surface area contributed by atoms with Crippen molar-refractivity contribution in [3.8, 4) is 0 Å². The third-order valence-electron chi connectivity index (χ3n) is 3.70. The van der Waals surface area contributed by atoms with Gasteiger partial charge in [0, 0.05) is 0 Å². The molecule has 0 saturated heterocycles. The Kier molecular flexibility index (Phi) is 3.99. The van der Waals surface area contributed by atoms with E-state index in [1.54, 1.807) is 0 Å². The monoisotopic (exact) mass is 396 g/mol. The molecule has 23 heavy (non-hydrogen) atoms. The van der Waals surface area contributed by atoms with Crippen LogP contribution in [0, 0.1) is 41.5 Å². The number of hydrogen-bond donors (Lipinski definition) is 0. The van der Waals surface area contributed by atoms with Crippen molar-refractivity contribution >= 4 is 21.1 Å². The van der Waals surface area contributed by atoms with Gasteiger partial charge in [0.25, 0.3) is 0 Å². The summed E-state index contributed by atoms with van der Waals surface area (Å²) in [6.07, 6.45) is 0. The van der Waals surface area contributed by atoms with Crippen LogP contribution >= 0.6 is 5.96 Å². The van der Waals surface area contributed by atoms with Gasteiger partial charge in [-0.15, -0.1) is 0 Å². The molecule has 0 N–H and O–H groups in total. The Labute approximate surface area is 143 Å². The van der Waals surface area contributed by atoms with Crippen LogP contribution in [0.4, 0.5) is 0 Å². The Bertz CT molecular complexity index is 813. The van der Waals surface area contributed by atoms with Crippen LogP contribution in [-0.2, 0) is 0 Å². The topological polar surface area (TPSA) is 53.5 Å². The molecular weight excluding hydrogens is 374 g/mol. The van der Waals surface area contributed by atoms with E-state index < -0.39 is 5.96 Å². The summed E-state index contributed by atoms with van der Waals surface area (Å²) in [5, 5.41) is 14.2. The summed E-state index contributed by atoms with van der Waals surface area (Å²) in [7, 11) is 0. The van der Waals surface area contributed by atoms with E-state index in [0.29, 0.717) is 0 Å². The first-order chi connectivity index (χ1) is 10.7. The molecule has 3 aromatic heterocycles. The number of rotatable bonds is 3. The zero-order chi connectivity index (χ0) is 16.9. The molecule has 0 aliphatic rings. The van der Waals surface area contributed by atoms with Crippen LogP contribution in [0.15, 0.2) is 18.2 Å². The Hall–Kier alpha value is -1.42. The van der Waals surface area contributed by atoms with Crippen LogP contribution in [0.3, 0.4) is 0 Å². The van der Waals surface area contributed by atoms with Crippen molar-refractivity contribution in [2.75, 3.05) is 0 Å². The molecule has 0 aliphatic heterocycles. The second-order valence-electron chi connectivity index (χ2n) is 5.96. The molecule has 0 aromatic carbocycles. The Balaban J connectivity index is 2.39. The predicted molar refractivity (Wildman–Crippen MR) is 94.0 cm³/mol. The van der Waals surface area contributed by atoms with Gasteiger partial charge in [-0.2, -0.15) is 0 Å². The van der Waals surface area contributed by atoms with Crippen LogP contribution in [-0.4, -0.2) is 43.8 Å². The maximum absolute atomic E-state index is 4.75. The molecule has 0 radical (unpaired) electrons. The first-order valence-electron chi connectivity index (χ1n) is 7.46. The quantitative estimate of drug-likeness (QED) is 0.506. The minimum atomic E-state index is -2.29. The molecule has 122 valence electrons. The zero-order valence-electron chi connectivity index (χ0n) is 14.3. The molecule has 0 spiro atoms. The maximum atomic E-state index is 4.75. The van der Waals surface area contributed by atoms with E-state index in [9.17, 15) is 0 Å². The van der Waals surface area contributed by atoms with Gasteiger partial charge >= 0.3 is 144 Å². The summed E-state index contributed by atoms with van der Waals surface area (Å²) in [4.78, 5) is 0. The number of hydrogen-bond acceptors (Lipinski definition) is 3. The summed E-state index contributed by atoms with van der Waals surface area (Å²) < 4.78 is 6.17. The molecule has 3 heterocycles. The normalized spacial score (nSPS) is 12.1. The summed E-state index contributed by atoms with van der Waals surface area (Å²) in [5.74, 6) is -2.29. The van der Waals surface area contributed by atoms with Crippen molar-refractivity contribution in [2.24, 2.45) is 0 Å². The van der Waals surface area contributed by atoms with Crippen molar-refractivity contribution in [2.45, 2.75) is 41.5 Å². The van der Waals surface area contributed by atoms with Crippen LogP contribution < -0.4 is 0 Å². The van der Waals surface area contributed by atoms with Gasteiger partial charge in [-0.05, 0) is 0 Å². The first-order valence-corrected chi connectivity index (χ1v) is 11.3. The second kappa shape index (κ2) is 5.59. The number of aromatic nitrogens is 6. The van der Waals surface area contributed by atoms with Gasteiger partial charge in [0.1, 0.15) is 0 Å². The van der Waals surface area contributed by atoms with E-state index in [0.717, 1.165) is 34.2 Å². The molecule has 3 rings (SSSR count). The van der Waals surface area contributed by atoms with E-state index >= 15 is 0 Å². The predicted octanol–water partition coefficient (Wildman–Crippen LogP) is 2.92. The Morgan fingerprint density at radius 3 is 1.09 bits per heavy atom. The van der Waals surface area contributed by atoms with Crippen molar-refractivity contribution in [3.63, 3.8) is 0 Å². The van der Waals surface area contributed by atoms with Gasteiger partial charge in [0.2, 0.25) is 0 Å². The molecular formula is C15H21N6PSe.